The zero-order valence-corrected chi connectivity index (χ0v) is 11.1. The highest BCUT2D eigenvalue weighted by Gasteiger charge is 2.24. The van der Waals surface area contributed by atoms with E-state index in [9.17, 15) is 9.59 Å². The smallest absolute Gasteiger partial charge is 0.410 e. The number of carbonyl (C=O) groups excluding carboxylic acids is 1. The van der Waals surface area contributed by atoms with Crippen LogP contribution in [0.15, 0.2) is 18.9 Å². The van der Waals surface area contributed by atoms with E-state index in [1.165, 1.54) is 6.08 Å². The Balaban J connectivity index is 1.99. The maximum Gasteiger partial charge on any atom is 0.410 e. The van der Waals surface area contributed by atoms with Crippen molar-refractivity contribution in [2.45, 2.75) is 25.9 Å². The summed E-state index contributed by atoms with van der Waals surface area (Å²) in [6, 6.07) is 0. The topological polar surface area (TPSA) is 84.7 Å². The SMILES string of the molecule is C=CCOC(=O)N1CCn2c(CCC(=O)O)cnc2C1. The predicted octanol–water partition coefficient (Wildman–Crippen LogP) is 1.04. The third-order valence-electron chi connectivity index (χ3n) is 3.12. The number of carboxylic acids is 1. The summed E-state index contributed by atoms with van der Waals surface area (Å²) < 4.78 is 6.96. The summed E-state index contributed by atoms with van der Waals surface area (Å²) in [5.74, 6) is -0.0711. The molecule has 1 aromatic heterocycles. The van der Waals surface area contributed by atoms with Gasteiger partial charge in [0.15, 0.2) is 0 Å². The standard InChI is InChI=1S/C13H17N3O4/c1-2-7-20-13(19)15-5-6-16-10(3-4-12(17)18)8-14-11(16)9-15/h2,8H,1,3-7,9H2,(H,17,18). The minimum atomic E-state index is -0.828. The van der Waals surface area contributed by atoms with Crippen LogP contribution in [0.1, 0.15) is 17.9 Å². The number of amides is 1. The van der Waals surface area contributed by atoms with Crippen LogP contribution in [0.5, 0.6) is 0 Å². The monoisotopic (exact) mass is 279 g/mol. The van der Waals surface area contributed by atoms with E-state index in [0.717, 1.165) is 11.5 Å². The average molecular weight is 279 g/mol. The lowest BCUT2D eigenvalue weighted by Crippen LogP contribution is -2.39. The zero-order chi connectivity index (χ0) is 14.5. The highest BCUT2D eigenvalue weighted by atomic mass is 16.6. The Bertz CT molecular complexity index is 524. The highest BCUT2D eigenvalue weighted by Crippen LogP contribution is 2.16. The number of hydrogen-bond acceptors (Lipinski definition) is 4. The number of aryl methyl sites for hydroxylation is 1. The van der Waals surface area contributed by atoms with E-state index >= 15 is 0 Å². The zero-order valence-electron chi connectivity index (χ0n) is 11.1. The second-order valence-corrected chi connectivity index (χ2v) is 4.50. The lowest BCUT2D eigenvalue weighted by Gasteiger charge is -2.27. The van der Waals surface area contributed by atoms with Gasteiger partial charge in [-0.1, -0.05) is 12.7 Å². The molecule has 1 aliphatic heterocycles. The number of fused-ring (bicyclic) bond motifs is 1. The van der Waals surface area contributed by atoms with Crippen LogP contribution >= 0.6 is 0 Å². The first-order valence-corrected chi connectivity index (χ1v) is 6.39. The molecule has 0 radical (unpaired) electrons. The number of aliphatic carboxylic acids is 1. The maximum atomic E-state index is 11.7. The molecule has 0 bridgehead atoms. The minimum Gasteiger partial charge on any atom is -0.481 e. The van der Waals surface area contributed by atoms with E-state index in [1.54, 1.807) is 11.1 Å². The van der Waals surface area contributed by atoms with Gasteiger partial charge in [-0.05, 0) is 6.42 Å². The van der Waals surface area contributed by atoms with E-state index < -0.39 is 5.97 Å². The third kappa shape index (κ3) is 3.17. The molecule has 2 heterocycles. The summed E-state index contributed by atoms with van der Waals surface area (Å²) >= 11 is 0. The number of hydrogen-bond donors (Lipinski definition) is 1. The first-order valence-electron chi connectivity index (χ1n) is 6.39. The van der Waals surface area contributed by atoms with Gasteiger partial charge in [-0.3, -0.25) is 9.69 Å². The molecule has 1 amide bonds. The van der Waals surface area contributed by atoms with Crippen LogP contribution in [0.25, 0.3) is 0 Å². The third-order valence-corrected chi connectivity index (χ3v) is 3.12. The molecule has 2 rings (SSSR count). The number of carboxylic acid groups (broad SMARTS) is 1. The molecule has 1 aromatic rings. The maximum absolute atomic E-state index is 11.7. The summed E-state index contributed by atoms with van der Waals surface area (Å²) in [5.41, 5.74) is 0.890. The van der Waals surface area contributed by atoms with Crippen molar-refractivity contribution in [1.82, 2.24) is 14.5 Å². The summed E-state index contributed by atoms with van der Waals surface area (Å²) in [7, 11) is 0. The largest absolute Gasteiger partial charge is 0.481 e. The summed E-state index contributed by atoms with van der Waals surface area (Å²) in [4.78, 5) is 28.2. The molecule has 0 aliphatic carbocycles. The first kappa shape index (κ1) is 14.1. The molecule has 20 heavy (non-hydrogen) atoms. The summed E-state index contributed by atoms with van der Waals surface area (Å²) in [6.07, 6.45) is 3.34. The van der Waals surface area contributed by atoms with E-state index in [-0.39, 0.29) is 19.1 Å². The van der Waals surface area contributed by atoms with Crippen LogP contribution < -0.4 is 0 Å². The molecule has 0 aromatic carbocycles. The predicted molar refractivity (Wildman–Crippen MR) is 70.1 cm³/mol. The Morgan fingerprint density at radius 2 is 2.30 bits per heavy atom. The molecule has 1 N–H and O–H groups in total. The van der Waals surface area contributed by atoms with Crippen molar-refractivity contribution in [1.29, 1.82) is 0 Å². The van der Waals surface area contributed by atoms with Crippen molar-refractivity contribution < 1.29 is 19.4 Å². The molecular formula is C13H17N3O4. The minimum absolute atomic E-state index is 0.0796. The Kier molecular flexibility index (Phi) is 4.39. The Morgan fingerprint density at radius 3 is 3.00 bits per heavy atom. The van der Waals surface area contributed by atoms with Gasteiger partial charge in [-0.25, -0.2) is 9.78 Å². The number of nitrogens with zero attached hydrogens (tertiary/aromatic N) is 3. The molecule has 0 saturated carbocycles. The fraction of sp³-hybridized carbons (Fsp3) is 0.462. The molecule has 1 aliphatic rings. The molecule has 7 heteroatoms. The fourth-order valence-corrected chi connectivity index (χ4v) is 2.14. The number of rotatable bonds is 5. The van der Waals surface area contributed by atoms with Crippen molar-refractivity contribution in [3.63, 3.8) is 0 Å². The number of ether oxygens (including phenoxy) is 1. The normalized spacial score (nSPS) is 13.7. The van der Waals surface area contributed by atoms with Gasteiger partial charge in [0.05, 0.1) is 13.0 Å². The van der Waals surface area contributed by atoms with E-state index in [2.05, 4.69) is 11.6 Å². The Labute approximate surface area is 116 Å². The van der Waals surface area contributed by atoms with Gasteiger partial charge in [0, 0.05) is 25.0 Å². The lowest BCUT2D eigenvalue weighted by atomic mass is 10.2. The number of imidazole rings is 1. The van der Waals surface area contributed by atoms with Gasteiger partial charge >= 0.3 is 12.1 Å². The second-order valence-electron chi connectivity index (χ2n) is 4.50. The quantitative estimate of drug-likeness (QED) is 0.814. The molecule has 0 atom stereocenters. The summed E-state index contributed by atoms with van der Waals surface area (Å²) in [5, 5.41) is 8.71. The van der Waals surface area contributed by atoms with Gasteiger partial charge < -0.3 is 14.4 Å². The van der Waals surface area contributed by atoms with E-state index in [1.807, 2.05) is 4.57 Å². The van der Waals surface area contributed by atoms with Crippen LogP contribution in [-0.4, -0.2) is 44.8 Å². The molecule has 0 spiro atoms. The second kappa shape index (κ2) is 6.23. The average Bonchev–Trinajstić information content (AvgIpc) is 2.84. The molecule has 0 saturated heterocycles. The van der Waals surface area contributed by atoms with Gasteiger partial charge in [-0.15, -0.1) is 0 Å². The van der Waals surface area contributed by atoms with Crippen LogP contribution in [0.3, 0.4) is 0 Å². The van der Waals surface area contributed by atoms with Crippen molar-refractivity contribution in [2.75, 3.05) is 13.2 Å². The molecule has 0 fully saturated rings. The van der Waals surface area contributed by atoms with Gasteiger partial charge in [-0.2, -0.15) is 0 Å². The van der Waals surface area contributed by atoms with Crippen LogP contribution in [-0.2, 0) is 29.0 Å². The van der Waals surface area contributed by atoms with E-state index in [4.69, 9.17) is 9.84 Å². The van der Waals surface area contributed by atoms with Crippen molar-refractivity contribution in [2.24, 2.45) is 0 Å². The van der Waals surface area contributed by atoms with Crippen LogP contribution in [0.4, 0.5) is 4.79 Å². The number of aromatic nitrogens is 2. The molecule has 0 unspecified atom stereocenters. The lowest BCUT2D eigenvalue weighted by molar-refractivity contribution is -0.136. The van der Waals surface area contributed by atoms with Crippen molar-refractivity contribution in [3.8, 4) is 0 Å². The Hall–Kier alpha value is -2.31. The van der Waals surface area contributed by atoms with E-state index in [0.29, 0.717) is 26.1 Å². The highest BCUT2D eigenvalue weighted by molar-refractivity contribution is 5.68. The number of carbonyl (C=O) groups is 2. The molecule has 108 valence electrons. The Morgan fingerprint density at radius 1 is 1.50 bits per heavy atom. The van der Waals surface area contributed by atoms with Crippen LogP contribution in [0.2, 0.25) is 0 Å². The first-order chi connectivity index (χ1) is 9.61. The molecular weight excluding hydrogens is 262 g/mol. The summed E-state index contributed by atoms with van der Waals surface area (Å²) in [6.45, 7) is 5.19. The van der Waals surface area contributed by atoms with Gasteiger partial charge in [0.1, 0.15) is 12.4 Å². The van der Waals surface area contributed by atoms with Crippen molar-refractivity contribution >= 4 is 12.1 Å². The van der Waals surface area contributed by atoms with Gasteiger partial charge in [0.2, 0.25) is 0 Å². The van der Waals surface area contributed by atoms with Crippen LogP contribution in [0, 0.1) is 0 Å². The fourth-order valence-electron chi connectivity index (χ4n) is 2.14. The van der Waals surface area contributed by atoms with Gasteiger partial charge in [0.25, 0.3) is 0 Å². The molecule has 7 nitrogen and oxygen atoms in total. The van der Waals surface area contributed by atoms with Crippen molar-refractivity contribution in [3.05, 3.63) is 30.4 Å².